The number of allylic oxidation sites excluding steroid dienone is 1. The number of aromatic nitrogens is 3. The molecule has 0 radical (unpaired) electrons. The van der Waals surface area contributed by atoms with Crippen LogP contribution < -0.4 is 11.1 Å². The van der Waals surface area contributed by atoms with Crippen LogP contribution in [-0.4, -0.2) is 51.6 Å². The van der Waals surface area contributed by atoms with Gasteiger partial charge in [0.05, 0.1) is 12.3 Å². The zero-order valence-electron chi connectivity index (χ0n) is 18.3. The van der Waals surface area contributed by atoms with E-state index in [0.717, 1.165) is 30.4 Å². The van der Waals surface area contributed by atoms with Crippen molar-refractivity contribution in [2.75, 3.05) is 25.1 Å². The van der Waals surface area contributed by atoms with E-state index in [2.05, 4.69) is 38.7 Å². The molecule has 4 N–H and O–H groups in total. The fourth-order valence-electron chi connectivity index (χ4n) is 2.67. The van der Waals surface area contributed by atoms with Crippen LogP contribution in [0.1, 0.15) is 40.5 Å². The molecule has 0 saturated carbocycles. The third-order valence-electron chi connectivity index (χ3n) is 4.35. The van der Waals surface area contributed by atoms with Crippen molar-refractivity contribution >= 4 is 29.2 Å². The molecule has 9 heteroatoms. The summed E-state index contributed by atoms with van der Waals surface area (Å²) in [5.41, 5.74) is 6.92. The number of carbonyl (C=O) groups is 1. The summed E-state index contributed by atoms with van der Waals surface area (Å²) >= 11 is 0. The third kappa shape index (κ3) is 7.82. The number of nitrogens with one attached hydrogen (secondary N) is 1. The molecule has 9 nitrogen and oxygen atoms in total. The first kappa shape index (κ1) is 25.1. The average Bonchev–Trinajstić information content (AvgIpc) is 3.18. The van der Waals surface area contributed by atoms with Crippen LogP contribution in [0.5, 0.6) is 0 Å². The minimum Gasteiger partial charge on any atom is -0.462 e. The van der Waals surface area contributed by atoms with Crippen LogP contribution >= 0.6 is 0 Å². The van der Waals surface area contributed by atoms with Crippen molar-refractivity contribution in [2.24, 2.45) is 16.6 Å². The molecule has 2 heterocycles. The van der Waals surface area contributed by atoms with Crippen LogP contribution in [0.25, 0.3) is 11.0 Å². The second-order valence-corrected chi connectivity index (χ2v) is 6.28. The highest BCUT2D eigenvalue weighted by molar-refractivity contribution is 5.85. The van der Waals surface area contributed by atoms with Gasteiger partial charge in [0.15, 0.2) is 0 Å². The molecule has 0 aromatic carbocycles. The normalized spacial score (nSPS) is 11.6. The first-order valence-electron chi connectivity index (χ1n) is 10.4. The van der Waals surface area contributed by atoms with E-state index in [9.17, 15) is 4.79 Å². The van der Waals surface area contributed by atoms with Crippen LogP contribution in [0.4, 0.5) is 5.95 Å². The summed E-state index contributed by atoms with van der Waals surface area (Å²) in [6, 6.07) is 2.00. The zero-order valence-corrected chi connectivity index (χ0v) is 18.3. The first-order valence-corrected chi connectivity index (χ1v) is 10.4. The van der Waals surface area contributed by atoms with E-state index in [0.29, 0.717) is 17.6 Å². The van der Waals surface area contributed by atoms with Gasteiger partial charge in [0.1, 0.15) is 18.8 Å². The third-order valence-corrected chi connectivity index (χ3v) is 4.35. The maximum atomic E-state index is 11.4. The Kier molecular flexibility index (Phi) is 11.8. The van der Waals surface area contributed by atoms with Crippen molar-refractivity contribution in [3.05, 3.63) is 30.4 Å². The number of hydrogen-bond donors (Lipinski definition) is 3. The molecule has 0 aliphatic rings. The van der Waals surface area contributed by atoms with Crippen molar-refractivity contribution in [3.8, 4) is 0 Å². The molecule has 0 aliphatic carbocycles. The van der Waals surface area contributed by atoms with E-state index in [1.54, 1.807) is 6.20 Å². The molecule has 0 atom stereocenters. The molecule has 30 heavy (non-hydrogen) atoms. The maximum Gasteiger partial charge on any atom is 0.327 e. The number of aliphatic imine (C=N–C) groups is 1. The van der Waals surface area contributed by atoms with Crippen LogP contribution in [-0.2, 0) is 16.1 Å². The summed E-state index contributed by atoms with van der Waals surface area (Å²) in [7, 11) is 0. The molecule has 0 aliphatic heterocycles. The van der Waals surface area contributed by atoms with E-state index in [4.69, 9.17) is 15.6 Å². The summed E-state index contributed by atoms with van der Waals surface area (Å²) in [5, 5.41) is 12.6. The second-order valence-electron chi connectivity index (χ2n) is 6.28. The van der Waals surface area contributed by atoms with Crippen molar-refractivity contribution in [1.82, 2.24) is 14.5 Å². The van der Waals surface area contributed by atoms with E-state index in [1.807, 2.05) is 26.1 Å². The number of esters is 1. The number of anilines is 1. The van der Waals surface area contributed by atoms with Gasteiger partial charge in [-0.25, -0.2) is 4.98 Å². The highest BCUT2D eigenvalue weighted by atomic mass is 16.5. The van der Waals surface area contributed by atoms with Crippen LogP contribution in [0.3, 0.4) is 0 Å². The topological polar surface area (TPSA) is 128 Å². The van der Waals surface area contributed by atoms with E-state index in [1.165, 1.54) is 12.4 Å². The highest BCUT2D eigenvalue weighted by Gasteiger charge is 2.10. The predicted molar refractivity (Wildman–Crippen MR) is 120 cm³/mol. The Balaban J connectivity index is 0.00000218. The monoisotopic (exact) mass is 418 g/mol. The lowest BCUT2D eigenvalue weighted by atomic mass is 10.0. The molecule has 2 aromatic rings. The Morgan fingerprint density at radius 2 is 2.13 bits per heavy atom. The van der Waals surface area contributed by atoms with Gasteiger partial charge in [-0.1, -0.05) is 40.5 Å². The fraction of sp³-hybridized carbons (Fsp3) is 0.524. The van der Waals surface area contributed by atoms with Crippen molar-refractivity contribution in [3.63, 3.8) is 0 Å². The van der Waals surface area contributed by atoms with E-state index < -0.39 is 5.97 Å². The van der Waals surface area contributed by atoms with Crippen molar-refractivity contribution in [1.29, 1.82) is 0 Å². The Morgan fingerprint density at radius 1 is 1.40 bits per heavy atom. The van der Waals surface area contributed by atoms with Gasteiger partial charge in [0.25, 0.3) is 0 Å². The van der Waals surface area contributed by atoms with Crippen LogP contribution in [0.15, 0.2) is 35.3 Å². The Bertz CT molecular complexity index is 827. The Morgan fingerprint density at radius 3 is 2.77 bits per heavy atom. The van der Waals surface area contributed by atoms with Crippen LogP contribution in [0.2, 0.25) is 0 Å². The van der Waals surface area contributed by atoms with Gasteiger partial charge in [-0.15, -0.1) is 0 Å². The molecule has 0 amide bonds. The fourth-order valence-corrected chi connectivity index (χ4v) is 2.67. The number of ether oxygens (including phenoxy) is 1. The van der Waals surface area contributed by atoms with Gasteiger partial charge in [-0.3, -0.25) is 9.79 Å². The number of carbonyl (C=O) groups excluding carboxylic acids is 1. The Hall–Kier alpha value is -2.94. The molecular formula is C21H34N6O3. The van der Waals surface area contributed by atoms with E-state index >= 15 is 0 Å². The number of hydrogen-bond acceptors (Lipinski definition) is 8. The van der Waals surface area contributed by atoms with Crippen molar-refractivity contribution in [2.45, 2.75) is 47.1 Å². The molecule has 0 spiro atoms. The van der Waals surface area contributed by atoms with Gasteiger partial charge in [0, 0.05) is 36.7 Å². The molecule has 0 bridgehead atoms. The van der Waals surface area contributed by atoms with Gasteiger partial charge >= 0.3 is 5.97 Å². The van der Waals surface area contributed by atoms with Gasteiger partial charge in [-0.2, -0.15) is 4.98 Å². The largest absolute Gasteiger partial charge is 0.462 e. The lowest BCUT2D eigenvalue weighted by Crippen LogP contribution is -2.13. The zero-order chi connectivity index (χ0) is 22.4. The maximum absolute atomic E-state index is 11.4. The van der Waals surface area contributed by atoms with Crippen LogP contribution in [0, 0.1) is 5.92 Å². The highest BCUT2D eigenvalue weighted by Crippen LogP contribution is 2.19. The molecule has 2 rings (SSSR count). The average molecular weight is 419 g/mol. The number of fused-ring (bicyclic) bond motifs is 1. The SMILES string of the molecule is CC.CCC(CC)Cn1ccc2cnc(N/C(C=NCC(=O)OCCO)=C/N)nc21. The van der Waals surface area contributed by atoms with Gasteiger partial charge in [-0.05, 0) is 12.0 Å². The number of aliphatic hydroxyl groups excluding tert-OH is 1. The number of rotatable bonds is 11. The number of aliphatic hydroxyl groups is 1. The standard InChI is InChI=1S/C19H28N6O3.C2H6/c1-3-14(4-2)13-25-6-5-15-10-22-19(24-18(15)25)23-16(9-20)11-21-12-17(27)28-8-7-26;1-2/h5-6,9-11,14,26H,3-4,7-8,12-13,20H2,1-2H3,(H,22,23,24);1-2H3/b16-9+,21-11?;. The summed E-state index contributed by atoms with van der Waals surface area (Å²) in [5.74, 6) is 0.459. The predicted octanol–water partition coefficient (Wildman–Crippen LogP) is 2.71. The summed E-state index contributed by atoms with van der Waals surface area (Å²) < 4.78 is 6.86. The molecule has 166 valence electrons. The molecule has 2 aromatic heterocycles. The quantitative estimate of drug-likeness (QED) is 0.378. The van der Waals surface area contributed by atoms with Crippen molar-refractivity contribution < 1.29 is 14.6 Å². The molecule has 0 fully saturated rings. The van der Waals surface area contributed by atoms with Gasteiger partial charge < -0.3 is 25.5 Å². The van der Waals surface area contributed by atoms with Gasteiger partial charge in [0.2, 0.25) is 5.95 Å². The number of nitrogens with two attached hydrogens (primary N) is 1. The van der Waals surface area contributed by atoms with E-state index in [-0.39, 0.29) is 19.8 Å². The lowest BCUT2D eigenvalue weighted by Gasteiger charge is -2.14. The summed E-state index contributed by atoms with van der Waals surface area (Å²) in [4.78, 5) is 24.2. The first-order chi connectivity index (χ1) is 14.6. The molecular weight excluding hydrogens is 384 g/mol. The summed E-state index contributed by atoms with van der Waals surface area (Å²) in [6.07, 6.45) is 8.75. The second kappa shape index (κ2) is 14.1. The molecule has 0 unspecified atom stereocenters. The Labute approximate surface area is 178 Å². The lowest BCUT2D eigenvalue weighted by molar-refractivity contribution is -0.142. The molecule has 0 saturated heterocycles. The number of nitrogens with zero attached hydrogens (tertiary/aromatic N) is 4. The smallest absolute Gasteiger partial charge is 0.327 e. The minimum atomic E-state index is -0.529. The minimum absolute atomic E-state index is 0.0450. The summed E-state index contributed by atoms with van der Waals surface area (Å²) in [6.45, 7) is 8.86.